The molecule has 0 aliphatic carbocycles. The van der Waals surface area contributed by atoms with Crippen molar-refractivity contribution in [2.24, 2.45) is 4.99 Å². The first-order valence-electron chi connectivity index (χ1n) is 6.00. The smallest absolute Gasteiger partial charge is 0.232 e. The van der Waals surface area contributed by atoms with Gasteiger partial charge in [0.1, 0.15) is 11.5 Å². The van der Waals surface area contributed by atoms with Crippen LogP contribution < -0.4 is 0 Å². The molecule has 1 amide bonds. The Hall–Kier alpha value is -1.30. The van der Waals surface area contributed by atoms with Crippen molar-refractivity contribution < 1.29 is 9.90 Å². The number of aromatic hydroxyl groups is 1. The molecule has 108 valence electrons. The van der Waals surface area contributed by atoms with Crippen LogP contribution in [-0.2, 0) is 11.2 Å². The van der Waals surface area contributed by atoms with Crippen LogP contribution in [0.1, 0.15) is 5.56 Å². The van der Waals surface area contributed by atoms with Crippen LogP contribution in [-0.4, -0.2) is 54.3 Å². The van der Waals surface area contributed by atoms with E-state index >= 15 is 0 Å². The molecule has 2 rings (SSSR count). The van der Waals surface area contributed by atoms with Crippen molar-refractivity contribution in [1.29, 1.82) is 0 Å². The minimum atomic E-state index is -0.148. The van der Waals surface area contributed by atoms with E-state index in [1.165, 1.54) is 11.0 Å². The number of phenolic OH excluding ortho intramolecular Hbond substituents is 1. The van der Waals surface area contributed by atoms with Gasteiger partial charge in [0, 0.05) is 17.6 Å². The summed E-state index contributed by atoms with van der Waals surface area (Å²) in [5.74, 6) is 0.255. The average molecular weight is 316 g/mol. The second-order valence-electron chi connectivity index (χ2n) is 4.91. The number of hydrogen-bond donors (Lipinski definition) is 1. The molecule has 0 aromatic heterocycles. The van der Waals surface area contributed by atoms with Gasteiger partial charge in [0.15, 0.2) is 5.75 Å². The fourth-order valence-electron chi connectivity index (χ4n) is 1.97. The third-order valence-corrected chi connectivity index (χ3v) is 3.69. The number of fused-ring (bicyclic) bond motifs is 1. The molecule has 5 nitrogen and oxygen atoms in total. The lowest BCUT2D eigenvalue weighted by Crippen LogP contribution is -2.39. The molecule has 1 aromatic rings. The molecule has 1 aliphatic rings. The van der Waals surface area contributed by atoms with Crippen LogP contribution in [0.3, 0.4) is 0 Å². The second-order valence-corrected chi connectivity index (χ2v) is 5.73. The molecule has 0 unspecified atom stereocenters. The van der Waals surface area contributed by atoms with Crippen LogP contribution in [0.4, 0.5) is 5.69 Å². The lowest BCUT2D eigenvalue weighted by molar-refractivity contribution is -0.125. The Morgan fingerprint density at radius 3 is 2.65 bits per heavy atom. The number of carbonyl (C=O) groups is 1. The van der Waals surface area contributed by atoms with Gasteiger partial charge in [-0.25, -0.2) is 4.99 Å². The number of amides is 1. The first-order valence-corrected chi connectivity index (χ1v) is 6.75. The lowest BCUT2D eigenvalue weighted by atomic mass is 10.1. The van der Waals surface area contributed by atoms with Crippen molar-refractivity contribution in [3.05, 3.63) is 21.7 Å². The fourth-order valence-corrected chi connectivity index (χ4v) is 2.49. The van der Waals surface area contributed by atoms with Crippen molar-refractivity contribution >= 4 is 40.6 Å². The van der Waals surface area contributed by atoms with E-state index in [2.05, 4.69) is 4.99 Å². The summed E-state index contributed by atoms with van der Waals surface area (Å²) < 4.78 is 0. The van der Waals surface area contributed by atoms with Gasteiger partial charge in [-0.2, -0.15) is 0 Å². The quantitative estimate of drug-likeness (QED) is 0.911. The van der Waals surface area contributed by atoms with Crippen molar-refractivity contribution in [2.45, 2.75) is 6.42 Å². The third kappa shape index (κ3) is 2.75. The van der Waals surface area contributed by atoms with E-state index in [1.54, 1.807) is 7.05 Å². The summed E-state index contributed by atoms with van der Waals surface area (Å²) >= 11 is 12.0. The molecule has 1 N–H and O–H groups in total. The van der Waals surface area contributed by atoms with E-state index in [9.17, 15) is 9.90 Å². The van der Waals surface area contributed by atoms with Gasteiger partial charge in [-0.05, 0) is 20.2 Å². The van der Waals surface area contributed by atoms with Crippen LogP contribution in [0.2, 0.25) is 10.0 Å². The number of benzene rings is 1. The number of hydrogen-bond acceptors (Lipinski definition) is 4. The lowest BCUT2D eigenvalue weighted by Gasteiger charge is -2.20. The number of likely N-dealkylation sites (N-methyl/N-ethyl adjacent to an activating group) is 2. The molecule has 0 fully saturated rings. The first kappa shape index (κ1) is 15.1. The maximum atomic E-state index is 12.2. The average Bonchev–Trinajstić information content (AvgIpc) is 2.47. The Labute approximate surface area is 127 Å². The maximum absolute atomic E-state index is 12.2. The van der Waals surface area contributed by atoms with E-state index in [-0.39, 0.29) is 28.8 Å². The highest BCUT2D eigenvalue weighted by molar-refractivity contribution is 6.37. The Balaban J connectivity index is 2.64. The Kier molecular flexibility index (Phi) is 4.22. The number of aliphatic imine (C=N–C) groups is 1. The largest absolute Gasteiger partial charge is 0.504 e. The zero-order valence-electron chi connectivity index (χ0n) is 11.4. The summed E-state index contributed by atoms with van der Waals surface area (Å²) in [6.45, 7) is 0.464. The summed E-state index contributed by atoms with van der Waals surface area (Å²) in [5.41, 5.74) is 0.774. The maximum Gasteiger partial charge on any atom is 0.232 e. The van der Waals surface area contributed by atoms with Gasteiger partial charge in [0.2, 0.25) is 5.91 Å². The molecule has 7 heteroatoms. The molecular weight excluding hydrogens is 301 g/mol. The predicted molar refractivity (Wildman–Crippen MR) is 80.2 cm³/mol. The summed E-state index contributed by atoms with van der Waals surface area (Å²) in [6.07, 6.45) is 0.0792. The standard InChI is InChI=1S/C13H15Cl2N3O2/c1-17(2)6-10-16-12-7(4-11(19)18(10)3)8(14)5-9(15)13(12)20/h5,20H,4,6H2,1-3H3. The fraction of sp³-hybridized carbons (Fsp3) is 0.385. The molecule has 20 heavy (non-hydrogen) atoms. The number of amidine groups is 1. The molecule has 1 aromatic carbocycles. The van der Waals surface area contributed by atoms with Crippen LogP contribution in [0.15, 0.2) is 11.1 Å². The van der Waals surface area contributed by atoms with Crippen LogP contribution in [0, 0.1) is 0 Å². The molecule has 0 spiro atoms. The number of rotatable bonds is 2. The van der Waals surface area contributed by atoms with E-state index in [0.717, 1.165) is 0 Å². The Morgan fingerprint density at radius 1 is 1.40 bits per heavy atom. The van der Waals surface area contributed by atoms with Crippen LogP contribution in [0.5, 0.6) is 5.75 Å². The molecule has 0 bridgehead atoms. The van der Waals surface area contributed by atoms with Crippen molar-refractivity contribution in [3.8, 4) is 5.75 Å². The summed E-state index contributed by atoms with van der Waals surface area (Å²) in [7, 11) is 5.40. The minimum absolute atomic E-state index is 0.0792. The van der Waals surface area contributed by atoms with E-state index in [1.807, 2.05) is 19.0 Å². The highest BCUT2D eigenvalue weighted by Crippen LogP contribution is 2.42. The van der Waals surface area contributed by atoms with Crippen molar-refractivity contribution in [1.82, 2.24) is 9.80 Å². The molecule has 1 heterocycles. The van der Waals surface area contributed by atoms with Gasteiger partial charge < -0.3 is 14.9 Å². The zero-order valence-corrected chi connectivity index (χ0v) is 13.0. The van der Waals surface area contributed by atoms with Gasteiger partial charge in [-0.15, -0.1) is 0 Å². The van der Waals surface area contributed by atoms with E-state index in [4.69, 9.17) is 23.2 Å². The topological polar surface area (TPSA) is 56.1 Å². The number of carbonyl (C=O) groups excluding carboxylic acids is 1. The molecular formula is C13H15Cl2N3O2. The minimum Gasteiger partial charge on any atom is -0.504 e. The van der Waals surface area contributed by atoms with Gasteiger partial charge in [-0.3, -0.25) is 4.79 Å². The SMILES string of the molecule is CN(C)CC1=Nc2c(O)c(Cl)cc(Cl)c2CC(=O)N1C. The normalized spacial score (nSPS) is 15.2. The number of nitrogens with zero attached hydrogens (tertiary/aromatic N) is 3. The number of halogens is 2. The highest BCUT2D eigenvalue weighted by Gasteiger charge is 2.26. The molecule has 1 aliphatic heterocycles. The monoisotopic (exact) mass is 315 g/mol. The van der Waals surface area contributed by atoms with Gasteiger partial charge in [0.05, 0.1) is 18.0 Å². The highest BCUT2D eigenvalue weighted by atomic mass is 35.5. The summed E-state index contributed by atoms with van der Waals surface area (Å²) in [4.78, 5) is 19.9. The van der Waals surface area contributed by atoms with Crippen molar-refractivity contribution in [2.75, 3.05) is 27.7 Å². The van der Waals surface area contributed by atoms with Crippen LogP contribution >= 0.6 is 23.2 Å². The van der Waals surface area contributed by atoms with Gasteiger partial charge >= 0.3 is 0 Å². The predicted octanol–water partition coefficient (Wildman–Crippen LogP) is 2.31. The summed E-state index contributed by atoms with van der Waals surface area (Å²) in [5, 5.41) is 10.5. The van der Waals surface area contributed by atoms with Gasteiger partial charge in [0.25, 0.3) is 0 Å². The van der Waals surface area contributed by atoms with E-state index in [0.29, 0.717) is 23.0 Å². The Bertz CT molecular complexity index is 600. The molecule has 0 saturated heterocycles. The van der Waals surface area contributed by atoms with Crippen molar-refractivity contribution in [3.63, 3.8) is 0 Å². The van der Waals surface area contributed by atoms with Gasteiger partial charge in [-0.1, -0.05) is 23.2 Å². The molecule has 0 saturated carbocycles. The zero-order chi connectivity index (χ0) is 15.0. The van der Waals surface area contributed by atoms with Crippen LogP contribution in [0.25, 0.3) is 0 Å². The Morgan fingerprint density at radius 2 is 2.05 bits per heavy atom. The molecule has 0 atom stereocenters. The second kappa shape index (κ2) is 5.60. The third-order valence-electron chi connectivity index (χ3n) is 3.07. The first-order chi connectivity index (χ1) is 9.31. The number of phenols is 1. The molecule has 0 radical (unpaired) electrons. The summed E-state index contributed by atoms with van der Waals surface area (Å²) in [6, 6.07) is 1.43. The van der Waals surface area contributed by atoms with E-state index < -0.39 is 0 Å².